The number of nitrogens with one attached hydrogen (secondary N) is 1. The summed E-state index contributed by atoms with van der Waals surface area (Å²) in [5.74, 6) is 1.22. The van der Waals surface area contributed by atoms with Gasteiger partial charge in [-0.3, -0.25) is 0 Å². The normalized spacial score (nSPS) is 13.4. The first-order valence-corrected chi connectivity index (χ1v) is 9.35. The Labute approximate surface area is 121 Å². The molecule has 18 heavy (non-hydrogen) atoms. The molecule has 0 saturated carbocycles. The summed E-state index contributed by atoms with van der Waals surface area (Å²) in [6.45, 7) is 2.44. The standard InChI is InChI=1S/C10H16N2O2S4/c1-7(6-16-2)5-12-18(13,14)9-4-3-8(17-9)10(11)15/h3-4,7,12H,5-6H2,1-2H3,(H2,11,15). The summed E-state index contributed by atoms with van der Waals surface area (Å²) in [5.41, 5.74) is 5.46. The van der Waals surface area contributed by atoms with Crippen molar-refractivity contribution in [2.24, 2.45) is 11.7 Å². The van der Waals surface area contributed by atoms with Crippen LogP contribution in [0.15, 0.2) is 16.3 Å². The fourth-order valence-corrected chi connectivity index (χ4v) is 4.51. The van der Waals surface area contributed by atoms with Crippen LogP contribution in [0.25, 0.3) is 0 Å². The SMILES string of the molecule is CSCC(C)CNS(=O)(=O)c1ccc(C(N)=S)s1. The number of thiocarbonyl (C=S) groups is 1. The largest absolute Gasteiger partial charge is 0.389 e. The molecule has 4 nitrogen and oxygen atoms in total. The van der Waals surface area contributed by atoms with E-state index >= 15 is 0 Å². The molecule has 0 aromatic carbocycles. The van der Waals surface area contributed by atoms with Gasteiger partial charge < -0.3 is 5.73 Å². The van der Waals surface area contributed by atoms with Crippen molar-refractivity contribution in [3.63, 3.8) is 0 Å². The van der Waals surface area contributed by atoms with E-state index in [0.717, 1.165) is 17.1 Å². The van der Waals surface area contributed by atoms with Gasteiger partial charge in [0.05, 0.1) is 4.88 Å². The Balaban J connectivity index is 2.71. The van der Waals surface area contributed by atoms with E-state index in [1.165, 1.54) is 6.07 Å². The second-order valence-electron chi connectivity index (χ2n) is 3.90. The first-order valence-electron chi connectivity index (χ1n) is 5.25. The number of hydrogen-bond donors (Lipinski definition) is 2. The molecule has 0 amide bonds. The summed E-state index contributed by atoms with van der Waals surface area (Å²) < 4.78 is 26.8. The lowest BCUT2D eigenvalue weighted by Crippen LogP contribution is -2.28. The van der Waals surface area contributed by atoms with Gasteiger partial charge in [0.15, 0.2) is 0 Å². The summed E-state index contributed by atoms with van der Waals surface area (Å²) in [4.78, 5) is 0.833. The third kappa shape index (κ3) is 4.51. The maximum Gasteiger partial charge on any atom is 0.250 e. The molecule has 0 saturated heterocycles. The van der Waals surface area contributed by atoms with E-state index in [4.69, 9.17) is 18.0 Å². The summed E-state index contributed by atoms with van der Waals surface area (Å²) in [6.07, 6.45) is 2.00. The van der Waals surface area contributed by atoms with Crippen LogP contribution in [0.4, 0.5) is 0 Å². The average Bonchev–Trinajstić information content (AvgIpc) is 2.77. The van der Waals surface area contributed by atoms with Crippen molar-refractivity contribution in [1.29, 1.82) is 0 Å². The van der Waals surface area contributed by atoms with Crippen LogP contribution in [-0.2, 0) is 10.0 Å². The lowest BCUT2D eigenvalue weighted by molar-refractivity contribution is 0.564. The lowest BCUT2D eigenvalue weighted by Gasteiger charge is -2.10. The summed E-state index contributed by atoms with van der Waals surface area (Å²) in [6, 6.07) is 3.16. The number of hydrogen-bond acceptors (Lipinski definition) is 5. The minimum absolute atomic E-state index is 0.220. The molecule has 8 heteroatoms. The van der Waals surface area contributed by atoms with Crippen LogP contribution >= 0.6 is 35.3 Å². The summed E-state index contributed by atoms with van der Waals surface area (Å²) in [5, 5.41) is 0. The Kier molecular flexibility index (Phi) is 6.06. The zero-order valence-electron chi connectivity index (χ0n) is 10.2. The van der Waals surface area contributed by atoms with Crippen molar-refractivity contribution in [1.82, 2.24) is 4.72 Å². The zero-order chi connectivity index (χ0) is 13.8. The van der Waals surface area contributed by atoms with Crippen molar-refractivity contribution in [3.05, 3.63) is 17.0 Å². The smallest absolute Gasteiger partial charge is 0.250 e. The van der Waals surface area contributed by atoms with Gasteiger partial charge in [0, 0.05) is 6.54 Å². The van der Waals surface area contributed by atoms with Crippen LogP contribution in [-0.4, -0.2) is 32.0 Å². The second-order valence-corrected chi connectivity index (χ2v) is 8.32. The Morgan fingerprint density at radius 2 is 2.28 bits per heavy atom. The third-order valence-electron chi connectivity index (χ3n) is 2.16. The van der Waals surface area contributed by atoms with Crippen LogP contribution in [0.1, 0.15) is 11.8 Å². The van der Waals surface area contributed by atoms with E-state index in [1.54, 1.807) is 17.8 Å². The predicted octanol–water partition coefficient (Wildman–Crippen LogP) is 1.66. The molecule has 0 aliphatic heterocycles. The van der Waals surface area contributed by atoms with Gasteiger partial charge in [-0.05, 0) is 30.1 Å². The molecule has 0 aliphatic carbocycles. The van der Waals surface area contributed by atoms with Crippen LogP contribution < -0.4 is 10.5 Å². The quantitative estimate of drug-likeness (QED) is 0.746. The minimum Gasteiger partial charge on any atom is -0.389 e. The van der Waals surface area contributed by atoms with Gasteiger partial charge >= 0.3 is 0 Å². The average molecular weight is 325 g/mol. The predicted molar refractivity (Wildman–Crippen MR) is 82.9 cm³/mol. The monoisotopic (exact) mass is 324 g/mol. The van der Waals surface area contributed by atoms with Gasteiger partial charge in [0.1, 0.15) is 9.20 Å². The molecule has 0 radical (unpaired) electrons. The van der Waals surface area contributed by atoms with E-state index in [1.807, 2.05) is 13.2 Å². The molecule has 0 spiro atoms. The lowest BCUT2D eigenvalue weighted by atomic mass is 10.2. The topological polar surface area (TPSA) is 72.2 Å². The van der Waals surface area contributed by atoms with E-state index in [9.17, 15) is 8.42 Å². The Morgan fingerprint density at radius 1 is 1.61 bits per heavy atom. The highest BCUT2D eigenvalue weighted by Crippen LogP contribution is 2.21. The Morgan fingerprint density at radius 3 is 2.78 bits per heavy atom. The summed E-state index contributed by atoms with van der Waals surface area (Å²) in [7, 11) is -3.44. The second kappa shape index (κ2) is 6.85. The van der Waals surface area contributed by atoms with Crippen molar-refractivity contribution in [3.8, 4) is 0 Å². The molecule has 1 aromatic heterocycles. The Bertz CT molecular complexity index is 510. The Hall–Kier alpha value is -0.150. The van der Waals surface area contributed by atoms with E-state index in [2.05, 4.69) is 4.72 Å². The first kappa shape index (κ1) is 15.9. The zero-order valence-corrected chi connectivity index (χ0v) is 13.4. The van der Waals surface area contributed by atoms with Gasteiger partial charge in [0.2, 0.25) is 10.0 Å². The fourth-order valence-electron chi connectivity index (χ4n) is 1.26. The molecule has 0 bridgehead atoms. The first-order chi connectivity index (χ1) is 8.36. The molecular formula is C10H16N2O2S4. The van der Waals surface area contributed by atoms with Gasteiger partial charge in [-0.25, -0.2) is 13.1 Å². The van der Waals surface area contributed by atoms with E-state index in [-0.39, 0.29) is 9.20 Å². The molecule has 1 unspecified atom stereocenters. The van der Waals surface area contributed by atoms with E-state index < -0.39 is 10.0 Å². The fraction of sp³-hybridized carbons (Fsp3) is 0.500. The molecule has 0 aliphatic rings. The van der Waals surface area contributed by atoms with Crippen molar-refractivity contribution in [2.75, 3.05) is 18.6 Å². The highest BCUT2D eigenvalue weighted by molar-refractivity contribution is 7.98. The number of thioether (sulfide) groups is 1. The van der Waals surface area contributed by atoms with Crippen molar-refractivity contribution >= 4 is 50.3 Å². The molecule has 1 aromatic rings. The highest BCUT2D eigenvalue weighted by Gasteiger charge is 2.18. The molecule has 1 heterocycles. The number of rotatable bonds is 7. The van der Waals surface area contributed by atoms with Gasteiger partial charge in [-0.15, -0.1) is 11.3 Å². The number of sulfonamides is 1. The number of thiophene rings is 1. The highest BCUT2D eigenvalue weighted by atomic mass is 32.2. The van der Waals surface area contributed by atoms with Crippen molar-refractivity contribution in [2.45, 2.75) is 11.1 Å². The van der Waals surface area contributed by atoms with Gasteiger partial charge in [0.25, 0.3) is 0 Å². The van der Waals surface area contributed by atoms with Gasteiger partial charge in [-0.2, -0.15) is 11.8 Å². The van der Waals surface area contributed by atoms with Crippen LogP contribution in [0.5, 0.6) is 0 Å². The van der Waals surface area contributed by atoms with Gasteiger partial charge in [-0.1, -0.05) is 19.1 Å². The molecule has 1 atom stereocenters. The molecule has 102 valence electrons. The third-order valence-corrected chi connectivity index (χ3v) is 6.45. The minimum atomic E-state index is -3.44. The molecule has 0 fully saturated rings. The van der Waals surface area contributed by atoms with Crippen molar-refractivity contribution < 1.29 is 8.42 Å². The van der Waals surface area contributed by atoms with E-state index in [0.29, 0.717) is 17.3 Å². The number of nitrogens with two attached hydrogens (primary N) is 1. The molecule has 1 rings (SSSR count). The molecule has 3 N–H and O–H groups in total. The van der Waals surface area contributed by atoms with Crippen LogP contribution in [0, 0.1) is 5.92 Å². The van der Waals surface area contributed by atoms with Crippen LogP contribution in [0.3, 0.4) is 0 Å². The maximum atomic E-state index is 12.0. The molecular weight excluding hydrogens is 308 g/mol. The van der Waals surface area contributed by atoms with Crippen LogP contribution in [0.2, 0.25) is 0 Å². The maximum absolute atomic E-state index is 12.0. The summed E-state index contributed by atoms with van der Waals surface area (Å²) >= 11 is 7.60.